The standard InChI is InChI=1S/C13H17N3O/c1-6-13(2,3)15-11-8-7-10(9-14-11)12(17)16(4)5/h1,7-9H,2-5H3,(H,14,15). The van der Waals surface area contributed by atoms with E-state index in [0.29, 0.717) is 11.4 Å². The van der Waals surface area contributed by atoms with Crippen molar-refractivity contribution in [3.05, 3.63) is 23.9 Å². The van der Waals surface area contributed by atoms with Gasteiger partial charge >= 0.3 is 0 Å². The van der Waals surface area contributed by atoms with Crippen LogP contribution in [0.3, 0.4) is 0 Å². The number of amides is 1. The van der Waals surface area contributed by atoms with Crippen LogP contribution in [0.15, 0.2) is 18.3 Å². The summed E-state index contributed by atoms with van der Waals surface area (Å²) >= 11 is 0. The first-order valence-corrected chi connectivity index (χ1v) is 5.29. The van der Waals surface area contributed by atoms with Crippen molar-refractivity contribution >= 4 is 11.7 Å². The fraction of sp³-hybridized carbons (Fsp3) is 0.385. The maximum Gasteiger partial charge on any atom is 0.254 e. The molecule has 4 nitrogen and oxygen atoms in total. The average Bonchev–Trinajstić information content (AvgIpc) is 2.28. The zero-order valence-corrected chi connectivity index (χ0v) is 10.6. The Morgan fingerprint density at radius 3 is 2.53 bits per heavy atom. The number of hydrogen-bond acceptors (Lipinski definition) is 3. The van der Waals surface area contributed by atoms with Crippen molar-refractivity contribution in [2.75, 3.05) is 19.4 Å². The van der Waals surface area contributed by atoms with Gasteiger partial charge in [-0.25, -0.2) is 4.98 Å². The normalized spacial score (nSPS) is 10.5. The molecule has 0 bridgehead atoms. The van der Waals surface area contributed by atoms with Crippen molar-refractivity contribution in [2.45, 2.75) is 19.4 Å². The van der Waals surface area contributed by atoms with Gasteiger partial charge in [0.05, 0.1) is 11.1 Å². The van der Waals surface area contributed by atoms with Gasteiger partial charge < -0.3 is 10.2 Å². The Kier molecular flexibility index (Phi) is 3.74. The molecule has 0 fully saturated rings. The van der Waals surface area contributed by atoms with Crippen LogP contribution in [0.5, 0.6) is 0 Å². The second kappa shape index (κ2) is 4.88. The first kappa shape index (κ1) is 13.0. The van der Waals surface area contributed by atoms with Crippen LogP contribution in [-0.4, -0.2) is 35.4 Å². The zero-order valence-electron chi connectivity index (χ0n) is 10.6. The molecule has 1 N–H and O–H groups in total. The number of carbonyl (C=O) groups is 1. The lowest BCUT2D eigenvalue weighted by atomic mass is 10.1. The molecule has 0 spiro atoms. The van der Waals surface area contributed by atoms with Gasteiger partial charge in [-0.2, -0.15) is 0 Å². The molecule has 1 heterocycles. The quantitative estimate of drug-likeness (QED) is 0.804. The largest absolute Gasteiger partial charge is 0.354 e. The van der Waals surface area contributed by atoms with E-state index < -0.39 is 5.54 Å². The van der Waals surface area contributed by atoms with E-state index in [2.05, 4.69) is 16.2 Å². The Hall–Kier alpha value is -2.02. The number of hydrogen-bond donors (Lipinski definition) is 1. The molecular formula is C13H17N3O. The van der Waals surface area contributed by atoms with Crippen molar-refractivity contribution in [1.82, 2.24) is 9.88 Å². The summed E-state index contributed by atoms with van der Waals surface area (Å²) in [5.74, 6) is 3.21. The Morgan fingerprint density at radius 1 is 1.47 bits per heavy atom. The summed E-state index contributed by atoms with van der Waals surface area (Å²) in [6.07, 6.45) is 6.91. The number of aromatic nitrogens is 1. The van der Waals surface area contributed by atoms with Crippen molar-refractivity contribution < 1.29 is 4.79 Å². The third-order valence-corrected chi connectivity index (χ3v) is 2.22. The number of pyridine rings is 1. The lowest BCUT2D eigenvalue weighted by Gasteiger charge is -2.20. The number of rotatable bonds is 3. The number of terminal acetylenes is 1. The second-order valence-corrected chi connectivity index (χ2v) is 4.53. The number of carbonyl (C=O) groups excluding carboxylic acids is 1. The van der Waals surface area contributed by atoms with E-state index in [0.717, 1.165) is 0 Å². The summed E-state index contributed by atoms with van der Waals surface area (Å²) in [6.45, 7) is 3.77. The summed E-state index contributed by atoms with van der Waals surface area (Å²) in [7, 11) is 3.41. The molecule has 90 valence electrons. The maximum atomic E-state index is 11.6. The molecule has 0 aliphatic rings. The highest BCUT2D eigenvalue weighted by Gasteiger charge is 2.14. The van der Waals surface area contributed by atoms with E-state index in [9.17, 15) is 4.79 Å². The van der Waals surface area contributed by atoms with Crippen LogP contribution in [0.2, 0.25) is 0 Å². The Bertz CT molecular complexity index is 441. The summed E-state index contributed by atoms with van der Waals surface area (Å²) in [4.78, 5) is 17.3. The van der Waals surface area contributed by atoms with E-state index in [1.165, 1.54) is 11.1 Å². The van der Waals surface area contributed by atoms with Gasteiger partial charge in [-0.15, -0.1) is 6.42 Å². The van der Waals surface area contributed by atoms with E-state index in [-0.39, 0.29) is 5.91 Å². The van der Waals surface area contributed by atoms with Gasteiger partial charge in [-0.3, -0.25) is 4.79 Å². The van der Waals surface area contributed by atoms with Crippen LogP contribution >= 0.6 is 0 Å². The summed E-state index contributed by atoms with van der Waals surface area (Å²) < 4.78 is 0. The molecule has 0 radical (unpaired) electrons. The molecule has 0 saturated heterocycles. The molecule has 1 rings (SSSR count). The van der Waals surface area contributed by atoms with Crippen LogP contribution in [0.25, 0.3) is 0 Å². The van der Waals surface area contributed by atoms with E-state index in [4.69, 9.17) is 6.42 Å². The van der Waals surface area contributed by atoms with Crippen molar-refractivity contribution in [3.63, 3.8) is 0 Å². The molecule has 4 heteroatoms. The van der Waals surface area contributed by atoms with Crippen LogP contribution in [0.1, 0.15) is 24.2 Å². The topological polar surface area (TPSA) is 45.2 Å². The smallest absolute Gasteiger partial charge is 0.254 e. The van der Waals surface area contributed by atoms with Gasteiger partial charge in [0.1, 0.15) is 5.82 Å². The molecule has 0 aromatic carbocycles. The lowest BCUT2D eigenvalue weighted by molar-refractivity contribution is 0.0827. The van der Waals surface area contributed by atoms with Crippen molar-refractivity contribution in [2.24, 2.45) is 0 Å². The third kappa shape index (κ3) is 3.49. The molecule has 0 aliphatic carbocycles. The maximum absolute atomic E-state index is 11.6. The molecule has 0 aliphatic heterocycles. The Labute approximate surface area is 102 Å². The highest BCUT2D eigenvalue weighted by Crippen LogP contribution is 2.12. The molecular weight excluding hydrogens is 214 g/mol. The van der Waals surface area contributed by atoms with Crippen LogP contribution in [-0.2, 0) is 0 Å². The molecule has 1 amide bonds. The summed E-state index contributed by atoms with van der Waals surface area (Å²) in [5.41, 5.74) is 0.0964. The summed E-state index contributed by atoms with van der Waals surface area (Å²) in [6, 6.07) is 3.47. The molecule has 0 atom stereocenters. The molecule has 1 aromatic heterocycles. The van der Waals surface area contributed by atoms with Gasteiger partial charge in [-0.1, -0.05) is 5.92 Å². The second-order valence-electron chi connectivity index (χ2n) is 4.53. The number of nitrogens with zero attached hydrogens (tertiary/aromatic N) is 2. The van der Waals surface area contributed by atoms with Gasteiger partial charge in [0.25, 0.3) is 5.91 Å². The Balaban J connectivity index is 2.83. The van der Waals surface area contributed by atoms with Crippen molar-refractivity contribution in [1.29, 1.82) is 0 Å². The van der Waals surface area contributed by atoms with E-state index in [1.807, 2.05) is 13.8 Å². The van der Waals surface area contributed by atoms with Gasteiger partial charge in [0.15, 0.2) is 0 Å². The zero-order chi connectivity index (χ0) is 13.1. The first-order valence-electron chi connectivity index (χ1n) is 5.29. The first-order chi connectivity index (χ1) is 7.85. The van der Waals surface area contributed by atoms with Gasteiger partial charge in [-0.05, 0) is 26.0 Å². The van der Waals surface area contributed by atoms with Gasteiger partial charge in [0.2, 0.25) is 0 Å². The van der Waals surface area contributed by atoms with Crippen molar-refractivity contribution in [3.8, 4) is 12.3 Å². The average molecular weight is 231 g/mol. The molecule has 1 aromatic rings. The minimum absolute atomic E-state index is 0.0692. The van der Waals surface area contributed by atoms with E-state index >= 15 is 0 Å². The highest BCUT2D eigenvalue weighted by atomic mass is 16.2. The predicted octanol–water partition coefficient (Wildman–Crippen LogP) is 1.61. The monoisotopic (exact) mass is 231 g/mol. The molecule has 0 saturated carbocycles. The van der Waals surface area contributed by atoms with Crippen LogP contribution in [0, 0.1) is 12.3 Å². The minimum Gasteiger partial charge on any atom is -0.354 e. The summed E-state index contributed by atoms with van der Waals surface area (Å²) in [5, 5.41) is 3.09. The molecule has 17 heavy (non-hydrogen) atoms. The fourth-order valence-corrected chi connectivity index (χ4v) is 1.21. The fourth-order valence-electron chi connectivity index (χ4n) is 1.21. The SMILES string of the molecule is C#CC(C)(C)Nc1ccc(C(=O)N(C)C)cn1. The number of nitrogens with one attached hydrogen (secondary N) is 1. The van der Waals surface area contributed by atoms with Gasteiger partial charge in [0, 0.05) is 20.3 Å². The van der Waals surface area contributed by atoms with Crippen LogP contribution < -0.4 is 5.32 Å². The minimum atomic E-state index is -0.458. The van der Waals surface area contributed by atoms with Crippen LogP contribution in [0.4, 0.5) is 5.82 Å². The number of anilines is 1. The highest BCUT2D eigenvalue weighted by molar-refractivity contribution is 5.93. The third-order valence-electron chi connectivity index (χ3n) is 2.22. The molecule has 0 unspecified atom stereocenters. The predicted molar refractivity (Wildman–Crippen MR) is 68.8 cm³/mol. The Morgan fingerprint density at radius 2 is 2.12 bits per heavy atom. The lowest BCUT2D eigenvalue weighted by Crippen LogP contribution is -2.29. The van der Waals surface area contributed by atoms with E-state index in [1.54, 1.807) is 26.2 Å².